The molecular formula is C20H20N4O2S. The molecular weight excluding hydrogens is 360 g/mol. The van der Waals surface area contributed by atoms with Crippen molar-refractivity contribution in [3.05, 3.63) is 40.7 Å². The molecule has 1 aromatic carbocycles. The van der Waals surface area contributed by atoms with E-state index in [1.54, 1.807) is 22.1 Å². The van der Waals surface area contributed by atoms with E-state index in [0.29, 0.717) is 5.92 Å². The number of nitrogens with two attached hydrogens (primary N) is 1. The molecule has 2 aromatic heterocycles. The third kappa shape index (κ3) is 3.06. The Morgan fingerprint density at radius 2 is 2.15 bits per heavy atom. The van der Waals surface area contributed by atoms with Gasteiger partial charge in [-0.25, -0.2) is 9.78 Å². The van der Waals surface area contributed by atoms with Crippen molar-refractivity contribution < 1.29 is 9.53 Å². The summed E-state index contributed by atoms with van der Waals surface area (Å²) in [4.78, 5) is 17.0. The van der Waals surface area contributed by atoms with Crippen molar-refractivity contribution in [2.24, 2.45) is 0 Å². The van der Waals surface area contributed by atoms with Crippen molar-refractivity contribution in [3.63, 3.8) is 0 Å². The molecule has 138 valence electrons. The molecule has 0 unspecified atom stereocenters. The van der Waals surface area contributed by atoms with Crippen LogP contribution in [0.2, 0.25) is 0 Å². The molecule has 0 saturated heterocycles. The monoisotopic (exact) mass is 380 g/mol. The van der Waals surface area contributed by atoms with E-state index >= 15 is 0 Å². The molecule has 0 radical (unpaired) electrons. The third-order valence-electron chi connectivity index (χ3n) is 5.16. The zero-order valence-corrected chi connectivity index (χ0v) is 15.9. The zero-order chi connectivity index (χ0) is 19.0. The minimum absolute atomic E-state index is 0.136. The van der Waals surface area contributed by atoms with E-state index in [9.17, 15) is 10.1 Å². The number of nitriles is 1. The van der Waals surface area contributed by atoms with E-state index < -0.39 is 5.97 Å². The highest BCUT2D eigenvalue weighted by Gasteiger charge is 2.23. The van der Waals surface area contributed by atoms with Crippen LogP contribution in [-0.4, -0.2) is 22.6 Å². The predicted molar refractivity (Wildman–Crippen MR) is 105 cm³/mol. The van der Waals surface area contributed by atoms with Crippen LogP contribution in [0.25, 0.3) is 15.9 Å². The maximum atomic E-state index is 12.2. The highest BCUT2D eigenvalue weighted by Crippen LogP contribution is 2.37. The van der Waals surface area contributed by atoms with Crippen LogP contribution >= 0.6 is 11.3 Å². The summed E-state index contributed by atoms with van der Waals surface area (Å²) >= 11 is 1.71. The number of aromatic nitrogens is 2. The summed E-state index contributed by atoms with van der Waals surface area (Å²) in [7, 11) is 1.30. The van der Waals surface area contributed by atoms with Crippen LogP contribution in [0.3, 0.4) is 0 Å². The van der Waals surface area contributed by atoms with Gasteiger partial charge >= 0.3 is 5.97 Å². The quantitative estimate of drug-likeness (QED) is 0.681. The van der Waals surface area contributed by atoms with Crippen LogP contribution < -0.4 is 5.73 Å². The summed E-state index contributed by atoms with van der Waals surface area (Å²) in [5, 5.41) is 10.5. The number of carbonyl (C=O) groups is 1. The molecule has 3 aromatic rings. The number of carbonyl (C=O) groups excluding carboxylic acids is 1. The maximum absolute atomic E-state index is 12.2. The van der Waals surface area contributed by atoms with Gasteiger partial charge in [0.15, 0.2) is 5.69 Å². The number of rotatable bonds is 3. The van der Waals surface area contributed by atoms with Gasteiger partial charge in [0.1, 0.15) is 6.07 Å². The first kappa shape index (κ1) is 17.6. The van der Waals surface area contributed by atoms with Crippen LogP contribution in [0, 0.1) is 11.3 Å². The van der Waals surface area contributed by atoms with Gasteiger partial charge in [-0.3, -0.25) is 0 Å². The number of fused-ring (bicyclic) bond motifs is 1. The van der Waals surface area contributed by atoms with Gasteiger partial charge in [0, 0.05) is 17.8 Å². The molecule has 1 aliphatic carbocycles. The summed E-state index contributed by atoms with van der Waals surface area (Å²) in [6, 6.07) is 7.86. The van der Waals surface area contributed by atoms with Gasteiger partial charge < -0.3 is 15.0 Å². The standard InChI is InChI=1S/C20H20N4O2S/c1-26-20(25)18-17(22)13(10-21)11-24(18)14-7-8-15-16(9-14)27-19(23-15)12-5-3-2-4-6-12/h7-9,11-12H,2-6,22H2,1H3. The lowest BCUT2D eigenvalue weighted by atomic mass is 9.90. The number of hydrogen-bond acceptors (Lipinski definition) is 6. The Balaban J connectivity index is 1.78. The van der Waals surface area contributed by atoms with Gasteiger partial charge in [0.25, 0.3) is 0 Å². The van der Waals surface area contributed by atoms with Gasteiger partial charge in [-0.2, -0.15) is 5.26 Å². The zero-order valence-electron chi connectivity index (χ0n) is 15.1. The minimum Gasteiger partial charge on any atom is -0.464 e. The van der Waals surface area contributed by atoms with Crippen LogP contribution in [-0.2, 0) is 4.74 Å². The maximum Gasteiger partial charge on any atom is 0.357 e. The summed E-state index contributed by atoms with van der Waals surface area (Å²) in [6.07, 6.45) is 7.85. The van der Waals surface area contributed by atoms with Crippen molar-refractivity contribution in [2.75, 3.05) is 12.8 Å². The molecule has 7 heteroatoms. The summed E-state index contributed by atoms with van der Waals surface area (Å²) < 4.78 is 7.54. The Morgan fingerprint density at radius 3 is 2.85 bits per heavy atom. The Hall–Kier alpha value is -2.85. The highest BCUT2D eigenvalue weighted by molar-refractivity contribution is 7.18. The number of benzene rings is 1. The number of methoxy groups -OCH3 is 1. The van der Waals surface area contributed by atoms with Crippen molar-refractivity contribution >= 4 is 33.2 Å². The summed E-state index contributed by atoms with van der Waals surface area (Å²) in [5.74, 6) is -0.0149. The molecule has 1 aliphatic rings. The Morgan fingerprint density at radius 1 is 1.37 bits per heavy atom. The number of thiazole rings is 1. The van der Waals surface area contributed by atoms with Crippen molar-refractivity contribution in [1.82, 2.24) is 9.55 Å². The fraction of sp³-hybridized carbons (Fsp3) is 0.350. The molecule has 0 atom stereocenters. The average Bonchev–Trinajstić information content (AvgIpc) is 3.28. The topological polar surface area (TPSA) is 93.9 Å². The average molecular weight is 380 g/mol. The lowest BCUT2D eigenvalue weighted by Gasteiger charge is -2.18. The van der Waals surface area contributed by atoms with E-state index in [1.165, 1.54) is 44.2 Å². The minimum atomic E-state index is -0.568. The molecule has 6 nitrogen and oxygen atoms in total. The van der Waals surface area contributed by atoms with Crippen molar-refractivity contribution in [1.29, 1.82) is 5.26 Å². The molecule has 4 rings (SSSR count). The molecule has 1 saturated carbocycles. The number of ether oxygens (including phenoxy) is 1. The second kappa shape index (κ2) is 7.05. The molecule has 27 heavy (non-hydrogen) atoms. The van der Waals surface area contributed by atoms with Gasteiger partial charge in [-0.05, 0) is 31.0 Å². The van der Waals surface area contributed by atoms with E-state index in [2.05, 4.69) is 0 Å². The van der Waals surface area contributed by atoms with E-state index in [1.807, 2.05) is 24.3 Å². The Bertz CT molecular complexity index is 1050. The normalized spacial score (nSPS) is 15.0. The van der Waals surface area contributed by atoms with Gasteiger partial charge in [-0.1, -0.05) is 19.3 Å². The van der Waals surface area contributed by atoms with Gasteiger partial charge in [0.2, 0.25) is 0 Å². The number of anilines is 1. The highest BCUT2D eigenvalue weighted by atomic mass is 32.1. The first-order valence-electron chi connectivity index (χ1n) is 9.02. The van der Waals surface area contributed by atoms with E-state index in [-0.39, 0.29) is 16.9 Å². The molecule has 0 amide bonds. The first-order valence-corrected chi connectivity index (χ1v) is 9.84. The largest absolute Gasteiger partial charge is 0.464 e. The summed E-state index contributed by atoms with van der Waals surface area (Å²) in [6.45, 7) is 0. The fourth-order valence-corrected chi connectivity index (χ4v) is 4.89. The molecule has 0 bridgehead atoms. The summed E-state index contributed by atoms with van der Waals surface area (Å²) in [5.41, 5.74) is 8.27. The molecule has 0 aliphatic heterocycles. The van der Waals surface area contributed by atoms with Crippen LogP contribution in [0.1, 0.15) is 59.1 Å². The van der Waals surface area contributed by atoms with Gasteiger partial charge in [-0.15, -0.1) is 11.3 Å². The van der Waals surface area contributed by atoms with Crippen molar-refractivity contribution in [2.45, 2.75) is 38.0 Å². The number of esters is 1. The fourth-order valence-electron chi connectivity index (χ4n) is 3.72. The van der Waals surface area contributed by atoms with E-state index in [4.69, 9.17) is 15.5 Å². The molecule has 2 heterocycles. The number of nitrogen functional groups attached to an aromatic ring is 1. The third-order valence-corrected chi connectivity index (χ3v) is 6.35. The smallest absolute Gasteiger partial charge is 0.357 e. The Kier molecular flexibility index (Phi) is 4.58. The van der Waals surface area contributed by atoms with E-state index in [0.717, 1.165) is 15.9 Å². The van der Waals surface area contributed by atoms with Crippen molar-refractivity contribution in [3.8, 4) is 11.8 Å². The molecule has 0 spiro atoms. The Labute approximate surface area is 161 Å². The number of nitrogens with zero attached hydrogens (tertiary/aromatic N) is 3. The first-order chi connectivity index (χ1) is 13.1. The molecule has 1 fully saturated rings. The van der Waals surface area contributed by atoms with Crippen LogP contribution in [0.4, 0.5) is 5.69 Å². The van der Waals surface area contributed by atoms with Crippen LogP contribution in [0.5, 0.6) is 0 Å². The van der Waals surface area contributed by atoms with Gasteiger partial charge in [0.05, 0.1) is 33.6 Å². The van der Waals surface area contributed by atoms with Crippen LogP contribution in [0.15, 0.2) is 24.4 Å². The lowest BCUT2D eigenvalue weighted by Crippen LogP contribution is -2.11. The lowest BCUT2D eigenvalue weighted by molar-refractivity contribution is 0.0593. The second-order valence-electron chi connectivity index (χ2n) is 6.82. The SMILES string of the molecule is COC(=O)c1c(N)c(C#N)cn1-c1ccc2nc(C3CCCCC3)sc2c1. The molecule has 2 N–H and O–H groups in total. The number of hydrogen-bond donors (Lipinski definition) is 1. The second-order valence-corrected chi connectivity index (χ2v) is 7.88. The predicted octanol–water partition coefficient (Wildman–Crippen LogP) is 4.38.